The van der Waals surface area contributed by atoms with Crippen LogP contribution in [0.3, 0.4) is 0 Å². The molecular weight excluding hydrogens is 346 g/mol. The van der Waals surface area contributed by atoms with Gasteiger partial charge in [-0.1, -0.05) is 30.3 Å². The molecule has 3 rings (SSSR count). The molecule has 2 N–H and O–H groups in total. The van der Waals surface area contributed by atoms with Crippen LogP contribution in [0.1, 0.15) is 28.8 Å². The van der Waals surface area contributed by atoms with E-state index in [0.29, 0.717) is 26.2 Å². The van der Waals surface area contributed by atoms with E-state index >= 15 is 0 Å². The first-order chi connectivity index (χ1) is 13.0. The number of nitrogens with two attached hydrogens (primary N) is 1. The van der Waals surface area contributed by atoms with Gasteiger partial charge in [0.2, 0.25) is 0 Å². The molecule has 0 aromatic heterocycles. The molecule has 0 bridgehead atoms. The second-order valence-electron chi connectivity index (χ2n) is 6.60. The van der Waals surface area contributed by atoms with Crippen LogP contribution in [-0.2, 0) is 0 Å². The predicted molar refractivity (Wildman–Crippen MR) is 102 cm³/mol. The third kappa shape index (κ3) is 3.93. The molecule has 1 heterocycles. The molecule has 2 aromatic carbocycles. The lowest BCUT2D eigenvalue weighted by Gasteiger charge is -2.17. The normalized spacial score (nSPS) is 19.1. The average molecular weight is 369 g/mol. The van der Waals surface area contributed by atoms with Crippen molar-refractivity contribution in [3.05, 3.63) is 69.8 Å². The van der Waals surface area contributed by atoms with Crippen molar-refractivity contribution in [2.24, 2.45) is 11.7 Å². The number of carbonyl (C=O) groups excluding carboxylic acids is 1. The van der Waals surface area contributed by atoms with E-state index in [-0.39, 0.29) is 34.7 Å². The Morgan fingerprint density at radius 2 is 2.00 bits per heavy atom. The Bertz CT molecular complexity index is 825. The molecule has 1 amide bonds. The average Bonchev–Trinajstić information content (AvgIpc) is 3.13. The highest BCUT2D eigenvalue weighted by Crippen LogP contribution is 2.34. The number of nitro benzene ring substituents is 1. The molecule has 2 aromatic rings. The number of benzene rings is 2. The minimum absolute atomic E-state index is 0.161. The zero-order chi connectivity index (χ0) is 19.4. The molecule has 0 unspecified atom stereocenters. The molecular formula is C20H23N3O4. The summed E-state index contributed by atoms with van der Waals surface area (Å²) >= 11 is 0. The standard InChI is InChI=1S/C20H23N3O4/c1-2-27-19-9-8-15(10-18(19)23(25)26)20(24)22-12-16(11-21)17(13-22)14-6-4-3-5-7-14/h3-10,16-17H,2,11-13,21H2,1H3/t16-,17+/m1/s1. The number of amides is 1. The molecule has 0 radical (unpaired) electrons. The Morgan fingerprint density at radius 1 is 1.26 bits per heavy atom. The molecule has 7 nitrogen and oxygen atoms in total. The molecule has 0 spiro atoms. The Balaban J connectivity index is 1.84. The van der Waals surface area contributed by atoms with Crippen LogP contribution in [0.5, 0.6) is 5.75 Å². The molecule has 1 aliphatic rings. The van der Waals surface area contributed by atoms with Gasteiger partial charge >= 0.3 is 5.69 Å². The molecule has 1 fully saturated rings. The van der Waals surface area contributed by atoms with Gasteiger partial charge in [-0.25, -0.2) is 0 Å². The Kier molecular flexibility index (Phi) is 5.71. The van der Waals surface area contributed by atoms with Crippen LogP contribution in [0, 0.1) is 16.0 Å². The molecule has 1 saturated heterocycles. The number of nitrogens with zero attached hydrogens (tertiary/aromatic N) is 2. The summed E-state index contributed by atoms with van der Waals surface area (Å²) in [5.41, 5.74) is 7.18. The minimum Gasteiger partial charge on any atom is -0.487 e. The summed E-state index contributed by atoms with van der Waals surface area (Å²) in [5, 5.41) is 11.3. The maximum atomic E-state index is 13.0. The second-order valence-corrected chi connectivity index (χ2v) is 6.60. The molecule has 27 heavy (non-hydrogen) atoms. The van der Waals surface area contributed by atoms with Crippen molar-refractivity contribution in [3.8, 4) is 5.75 Å². The number of hydrogen-bond acceptors (Lipinski definition) is 5. The van der Waals surface area contributed by atoms with Crippen molar-refractivity contribution < 1.29 is 14.5 Å². The summed E-state index contributed by atoms with van der Waals surface area (Å²) in [6, 6.07) is 14.4. The fourth-order valence-electron chi connectivity index (χ4n) is 3.61. The first-order valence-electron chi connectivity index (χ1n) is 9.00. The Hall–Kier alpha value is -2.93. The number of nitro groups is 1. The molecule has 1 aliphatic heterocycles. The fraction of sp³-hybridized carbons (Fsp3) is 0.350. The van der Waals surface area contributed by atoms with Gasteiger partial charge in [0.15, 0.2) is 5.75 Å². The van der Waals surface area contributed by atoms with Crippen molar-refractivity contribution in [1.82, 2.24) is 4.90 Å². The van der Waals surface area contributed by atoms with Gasteiger partial charge < -0.3 is 15.4 Å². The SMILES string of the molecule is CCOc1ccc(C(=O)N2C[C@@H](CN)[C@H](c3ccccc3)C2)cc1[N+](=O)[O-]. The van der Waals surface area contributed by atoms with E-state index < -0.39 is 4.92 Å². The van der Waals surface area contributed by atoms with Crippen LogP contribution < -0.4 is 10.5 Å². The molecule has 2 atom stereocenters. The zero-order valence-corrected chi connectivity index (χ0v) is 15.2. The lowest BCUT2D eigenvalue weighted by atomic mass is 9.89. The van der Waals surface area contributed by atoms with E-state index in [1.165, 1.54) is 12.1 Å². The van der Waals surface area contributed by atoms with Crippen LogP contribution in [-0.4, -0.2) is 42.0 Å². The molecule has 7 heteroatoms. The minimum atomic E-state index is -0.527. The van der Waals surface area contributed by atoms with Crippen molar-refractivity contribution >= 4 is 11.6 Å². The van der Waals surface area contributed by atoms with Crippen LogP contribution in [0.2, 0.25) is 0 Å². The number of likely N-dealkylation sites (tertiary alicyclic amines) is 1. The van der Waals surface area contributed by atoms with E-state index in [4.69, 9.17) is 10.5 Å². The largest absolute Gasteiger partial charge is 0.487 e. The highest BCUT2D eigenvalue weighted by molar-refractivity contribution is 5.95. The maximum Gasteiger partial charge on any atom is 0.311 e. The Morgan fingerprint density at radius 3 is 2.63 bits per heavy atom. The summed E-state index contributed by atoms with van der Waals surface area (Å²) in [4.78, 5) is 25.5. The van der Waals surface area contributed by atoms with Crippen molar-refractivity contribution in [1.29, 1.82) is 0 Å². The summed E-state index contributed by atoms with van der Waals surface area (Å²) in [6.07, 6.45) is 0. The van der Waals surface area contributed by atoms with Crippen LogP contribution in [0.25, 0.3) is 0 Å². The van der Waals surface area contributed by atoms with Crippen molar-refractivity contribution in [2.75, 3.05) is 26.2 Å². The van der Waals surface area contributed by atoms with Crippen molar-refractivity contribution in [2.45, 2.75) is 12.8 Å². The third-order valence-corrected chi connectivity index (χ3v) is 4.96. The monoisotopic (exact) mass is 369 g/mol. The van der Waals surface area contributed by atoms with E-state index in [1.54, 1.807) is 17.9 Å². The van der Waals surface area contributed by atoms with E-state index in [1.807, 2.05) is 30.3 Å². The summed E-state index contributed by atoms with van der Waals surface area (Å²) < 4.78 is 5.28. The lowest BCUT2D eigenvalue weighted by Crippen LogP contribution is -2.29. The molecule has 0 saturated carbocycles. The van der Waals surface area contributed by atoms with Gasteiger partial charge in [0.25, 0.3) is 5.91 Å². The summed E-state index contributed by atoms with van der Waals surface area (Å²) in [6.45, 7) is 3.63. The first kappa shape index (κ1) is 18.8. The number of rotatable bonds is 6. The van der Waals surface area contributed by atoms with E-state index in [2.05, 4.69) is 0 Å². The predicted octanol–water partition coefficient (Wildman–Crippen LogP) is 2.81. The number of carbonyl (C=O) groups is 1. The number of hydrogen-bond donors (Lipinski definition) is 1. The fourth-order valence-corrected chi connectivity index (χ4v) is 3.61. The number of ether oxygens (including phenoxy) is 1. The summed E-state index contributed by atoms with van der Waals surface area (Å²) in [7, 11) is 0. The van der Waals surface area contributed by atoms with E-state index in [0.717, 1.165) is 5.56 Å². The van der Waals surface area contributed by atoms with Gasteiger partial charge in [0.1, 0.15) is 0 Å². The third-order valence-electron chi connectivity index (χ3n) is 4.96. The highest BCUT2D eigenvalue weighted by atomic mass is 16.6. The van der Waals surface area contributed by atoms with Crippen LogP contribution >= 0.6 is 0 Å². The van der Waals surface area contributed by atoms with Crippen LogP contribution in [0.15, 0.2) is 48.5 Å². The van der Waals surface area contributed by atoms with E-state index in [9.17, 15) is 14.9 Å². The quantitative estimate of drug-likeness (QED) is 0.623. The molecule has 0 aliphatic carbocycles. The maximum absolute atomic E-state index is 13.0. The smallest absolute Gasteiger partial charge is 0.311 e. The van der Waals surface area contributed by atoms with Gasteiger partial charge in [-0.05, 0) is 37.1 Å². The van der Waals surface area contributed by atoms with Gasteiger partial charge in [0, 0.05) is 30.6 Å². The van der Waals surface area contributed by atoms with Gasteiger partial charge in [-0.2, -0.15) is 0 Å². The van der Waals surface area contributed by atoms with Gasteiger partial charge in [-0.3, -0.25) is 14.9 Å². The summed E-state index contributed by atoms with van der Waals surface area (Å²) in [5.74, 6) is 0.271. The van der Waals surface area contributed by atoms with Gasteiger partial charge in [0.05, 0.1) is 11.5 Å². The Labute approximate surface area is 157 Å². The first-order valence-corrected chi connectivity index (χ1v) is 9.00. The lowest BCUT2D eigenvalue weighted by molar-refractivity contribution is -0.385. The van der Waals surface area contributed by atoms with Crippen LogP contribution in [0.4, 0.5) is 5.69 Å². The van der Waals surface area contributed by atoms with Gasteiger partial charge in [-0.15, -0.1) is 0 Å². The highest BCUT2D eigenvalue weighted by Gasteiger charge is 2.36. The molecule has 142 valence electrons. The zero-order valence-electron chi connectivity index (χ0n) is 15.2. The topological polar surface area (TPSA) is 98.7 Å². The van der Waals surface area contributed by atoms with Crippen molar-refractivity contribution in [3.63, 3.8) is 0 Å². The second kappa shape index (κ2) is 8.18.